The van der Waals surface area contributed by atoms with Gasteiger partial charge in [-0.05, 0) is 13.8 Å². The fraction of sp³-hybridized carbons (Fsp3) is 0.500. The van der Waals surface area contributed by atoms with Crippen molar-refractivity contribution in [1.29, 1.82) is 0 Å². The van der Waals surface area contributed by atoms with Gasteiger partial charge in [-0.1, -0.05) is 5.16 Å². The first-order valence-electron chi connectivity index (χ1n) is 5.13. The first-order valence-corrected chi connectivity index (χ1v) is 5.13. The van der Waals surface area contributed by atoms with Crippen LogP contribution >= 0.6 is 0 Å². The Bertz CT molecular complexity index is 452. The van der Waals surface area contributed by atoms with Crippen molar-refractivity contribution in [3.63, 3.8) is 0 Å². The molecule has 0 saturated carbocycles. The van der Waals surface area contributed by atoms with Gasteiger partial charge >= 0.3 is 0 Å². The molecule has 0 saturated heterocycles. The van der Waals surface area contributed by atoms with Crippen molar-refractivity contribution in [2.24, 2.45) is 17.9 Å². The predicted octanol–water partition coefficient (Wildman–Crippen LogP) is -0.0646. The van der Waals surface area contributed by atoms with Crippen LogP contribution < -0.4 is 5.73 Å². The van der Waals surface area contributed by atoms with Crippen LogP contribution in [0, 0.1) is 6.92 Å². The topological polar surface area (TPSA) is 96.7 Å². The van der Waals surface area contributed by atoms with Crippen LogP contribution in [0.4, 0.5) is 0 Å². The zero-order valence-electron chi connectivity index (χ0n) is 10.4. The van der Waals surface area contributed by atoms with E-state index < -0.39 is 6.04 Å². The summed E-state index contributed by atoms with van der Waals surface area (Å²) < 4.78 is 1.62. The summed E-state index contributed by atoms with van der Waals surface area (Å²) >= 11 is 0. The van der Waals surface area contributed by atoms with Crippen molar-refractivity contribution in [3.05, 3.63) is 17.5 Å². The lowest BCUT2D eigenvalue weighted by Crippen LogP contribution is -2.43. The summed E-state index contributed by atoms with van der Waals surface area (Å²) in [6.45, 7) is 3.49. The van der Waals surface area contributed by atoms with Crippen molar-refractivity contribution in [2.75, 3.05) is 7.05 Å². The Labute approximate surface area is 99.5 Å². The molecule has 0 aliphatic heterocycles. The monoisotopic (exact) mass is 239 g/mol. The van der Waals surface area contributed by atoms with E-state index in [1.807, 2.05) is 6.92 Å². The molecular weight excluding hydrogens is 222 g/mol. The maximum Gasteiger partial charge on any atom is 0.257 e. The van der Waals surface area contributed by atoms with Crippen molar-refractivity contribution >= 4 is 11.7 Å². The molecule has 1 unspecified atom stereocenters. The van der Waals surface area contributed by atoms with E-state index in [4.69, 9.17) is 10.9 Å². The second kappa shape index (κ2) is 4.86. The summed E-state index contributed by atoms with van der Waals surface area (Å²) in [7, 11) is 3.36. The molecule has 0 spiro atoms. The summed E-state index contributed by atoms with van der Waals surface area (Å²) in [5, 5.41) is 15.5. The van der Waals surface area contributed by atoms with Gasteiger partial charge < -0.3 is 15.8 Å². The number of nitrogens with two attached hydrogens (primary N) is 1. The van der Waals surface area contributed by atoms with E-state index in [2.05, 4.69) is 10.3 Å². The lowest BCUT2D eigenvalue weighted by molar-refractivity contribution is 0.0775. The predicted molar refractivity (Wildman–Crippen MR) is 62.9 cm³/mol. The number of hydrogen-bond donors (Lipinski definition) is 2. The van der Waals surface area contributed by atoms with Gasteiger partial charge in [0, 0.05) is 19.8 Å². The van der Waals surface area contributed by atoms with E-state index in [1.54, 1.807) is 25.7 Å². The average molecular weight is 239 g/mol. The van der Waals surface area contributed by atoms with Crippen molar-refractivity contribution < 1.29 is 10.0 Å². The van der Waals surface area contributed by atoms with Crippen molar-refractivity contribution in [3.8, 4) is 0 Å². The number of amidine groups is 1. The zero-order valence-corrected chi connectivity index (χ0v) is 10.4. The lowest BCUT2D eigenvalue weighted by Gasteiger charge is -2.23. The highest BCUT2D eigenvalue weighted by atomic mass is 16.4. The van der Waals surface area contributed by atoms with Gasteiger partial charge in [0.2, 0.25) is 0 Å². The van der Waals surface area contributed by atoms with Crippen LogP contribution in [-0.4, -0.2) is 44.7 Å². The smallest absolute Gasteiger partial charge is 0.257 e. The number of likely N-dealkylation sites (N-methyl/N-ethyl adjacent to an activating group) is 1. The van der Waals surface area contributed by atoms with Crippen LogP contribution in [0.3, 0.4) is 0 Å². The molecule has 0 aromatic carbocycles. The quantitative estimate of drug-likeness (QED) is 0.334. The van der Waals surface area contributed by atoms with Crippen molar-refractivity contribution in [2.45, 2.75) is 19.9 Å². The van der Waals surface area contributed by atoms with Crippen LogP contribution in [-0.2, 0) is 7.05 Å². The zero-order chi connectivity index (χ0) is 13.2. The number of rotatable bonds is 3. The number of nitrogens with zero attached hydrogens (tertiary/aromatic N) is 4. The molecular formula is C10H17N5O2. The number of aromatic nitrogens is 2. The lowest BCUT2D eigenvalue weighted by atomic mass is 10.2. The summed E-state index contributed by atoms with van der Waals surface area (Å²) in [5.41, 5.74) is 6.74. The van der Waals surface area contributed by atoms with Gasteiger partial charge in [0.05, 0.1) is 17.8 Å². The molecule has 0 fully saturated rings. The summed E-state index contributed by atoms with van der Waals surface area (Å²) in [4.78, 5) is 13.5. The molecule has 1 aromatic heterocycles. The minimum atomic E-state index is -0.480. The fourth-order valence-corrected chi connectivity index (χ4v) is 1.36. The second-order valence-electron chi connectivity index (χ2n) is 3.88. The first-order chi connectivity index (χ1) is 7.90. The van der Waals surface area contributed by atoms with E-state index >= 15 is 0 Å². The van der Waals surface area contributed by atoms with Crippen LogP contribution in [0.1, 0.15) is 23.0 Å². The third-order valence-electron chi connectivity index (χ3n) is 2.91. The molecule has 7 heteroatoms. The van der Waals surface area contributed by atoms with Crippen LogP contribution in [0.25, 0.3) is 0 Å². The molecule has 94 valence electrons. The molecule has 3 N–H and O–H groups in total. The molecule has 0 aliphatic carbocycles. The van der Waals surface area contributed by atoms with Gasteiger partial charge in [-0.25, -0.2) is 0 Å². The van der Waals surface area contributed by atoms with E-state index in [0.29, 0.717) is 5.56 Å². The van der Waals surface area contributed by atoms with E-state index in [1.165, 1.54) is 11.1 Å². The Hall–Kier alpha value is -2.05. The summed E-state index contributed by atoms with van der Waals surface area (Å²) in [5.74, 6) is -0.225. The molecule has 17 heavy (non-hydrogen) atoms. The Balaban J connectivity index is 2.95. The molecule has 1 atom stereocenters. The third-order valence-corrected chi connectivity index (χ3v) is 2.91. The Kier molecular flexibility index (Phi) is 3.72. The number of amides is 1. The molecule has 0 radical (unpaired) electrons. The number of carbonyl (C=O) groups is 1. The van der Waals surface area contributed by atoms with Crippen LogP contribution in [0.2, 0.25) is 0 Å². The van der Waals surface area contributed by atoms with E-state index in [-0.39, 0.29) is 11.7 Å². The maximum atomic E-state index is 12.1. The average Bonchev–Trinajstić information content (AvgIpc) is 2.66. The Morgan fingerprint density at radius 3 is 2.71 bits per heavy atom. The van der Waals surface area contributed by atoms with Gasteiger partial charge in [-0.2, -0.15) is 5.10 Å². The molecule has 1 amide bonds. The Morgan fingerprint density at radius 1 is 1.71 bits per heavy atom. The van der Waals surface area contributed by atoms with Crippen molar-refractivity contribution in [1.82, 2.24) is 14.7 Å². The standard InChI is InChI=1S/C10H17N5O2/c1-6-8(5-12-15(6)4)10(16)14(3)7(2)9(11)13-17/h5,7,17H,1-4H3,(H2,11,13). The van der Waals surface area contributed by atoms with Gasteiger partial charge in [-0.3, -0.25) is 9.48 Å². The first kappa shape index (κ1) is 13.0. The minimum Gasteiger partial charge on any atom is -0.409 e. The minimum absolute atomic E-state index is 0.0117. The highest BCUT2D eigenvalue weighted by Crippen LogP contribution is 2.10. The highest BCUT2D eigenvalue weighted by Gasteiger charge is 2.23. The molecule has 1 heterocycles. The summed E-state index contributed by atoms with van der Waals surface area (Å²) in [6, 6.07) is -0.480. The molecule has 1 aromatic rings. The number of aryl methyl sites for hydroxylation is 1. The number of hydrogen-bond acceptors (Lipinski definition) is 4. The maximum absolute atomic E-state index is 12.1. The number of carbonyl (C=O) groups excluding carboxylic acids is 1. The fourth-order valence-electron chi connectivity index (χ4n) is 1.36. The van der Waals surface area contributed by atoms with E-state index in [0.717, 1.165) is 5.69 Å². The second-order valence-corrected chi connectivity index (χ2v) is 3.88. The Morgan fingerprint density at radius 2 is 2.29 bits per heavy atom. The molecule has 0 bridgehead atoms. The SMILES string of the molecule is Cc1c(C(=O)N(C)C(C)C(N)=NO)cnn1C. The van der Waals surface area contributed by atoms with Crippen LogP contribution in [0.5, 0.6) is 0 Å². The van der Waals surface area contributed by atoms with E-state index in [9.17, 15) is 4.79 Å². The third kappa shape index (κ3) is 2.38. The van der Waals surface area contributed by atoms with Gasteiger partial charge in [0.15, 0.2) is 5.84 Å². The van der Waals surface area contributed by atoms with Crippen LogP contribution in [0.15, 0.2) is 11.4 Å². The normalized spacial score (nSPS) is 13.5. The molecule has 7 nitrogen and oxygen atoms in total. The number of oxime groups is 1. The summed E-state index contributed by atoms with van der Waals surface area (Å²) in [6.07, 6.45) is 1.51. The molecule has 1 rings (SSSR count). The van der Waals surface area contributed by atoms with Gasteiger partial charge in [0.25, 0.3) is 5.91 Å². The van der Waals surface area contributed by atoms with Gasteiger partial charge in [0.1, 0.15) is 0 Å². The largest absolute Gasteiger partial charge is 0.409 e. The van der Waals surface area contributed by atoms with Gasteiger partial charge in [-0.15, -0.1) is 0 Å². The highest BCUT2D eigenvalue weighted by molar-refractivity contribution is 5.98. The molecule has 0 aliphatic rings.